The molecule has 0 spiro atoms. The molecule has 0 aliphatic carbocycles. The number of nitrogens with zero attached hydrogens (tertiary/aromatic N) is 2. The van der Waals surface area contributed by atoms with E-state index in [0.29, 0.717) is 32.0 Å². The highest BCUT2D eigenvalue weighted by Gasteiger charge is 2.21. The average molecular weight is 273 g/mol. The fourth-order valence-electron chi connectivity index (χ4n) is 1.71. The Morgan fingerprint density at radius 1 is 1.44 bits per heavy atom. The maximum Gasteiger partial charge on any atom is 0.310 e. The number of nitro benzene ring substituents is 1. The van der Waals surface area contributed by atoms with Crippen LogP contribution in [0.15, 0.2) is 18.2 Å². The van der Waals surface area contributed by atoms with Gasteiger partial charge in [0.25, 0.3) is 0 Å². The number of para-hydroxylation sites is 1. The Hall–Kier alpha value is -1.33. The molecule has 0 atom stereocenters. The van der Waals surface area contributed by atoms with Crippen molar-refractivity contribution in [1.29, 1.82) is 0 Å². The summed E-state index contributed by atoms with van der Waals surface area (Å²) in [4.78, 5) is 12.5. The number of hydrogen-bond donors (Lipinski definition) is 0. The van der Waals surface area contributed by atoms with Gasteiger partial charge in [0.05, 0.1) is 11.5 Å². The van der Waals surface area contributed by atoms with Gasteiger partial charge < -0.3 is 9.64 Å². The van der Waals surface area contributed by atoms with Crippen LogP contribution < -0.4 is 4.90 Å². The van der Waals surface area contributed by atoms with Gasteiger partial charge in [0.2, 0.25) is 0 Å². The largest absolute Gasteiger partial charge is 0.380 e. The fraction of sp³-hybridized carbons (Fsp3) is 0.500. The molecule has 0 aliphatic heterocycles. The molecule has 0 saturated carbocycles. The smallest absolute Gasteiger partial charge is 0.310 e. The van der Waals surface area contributed by atoms with Gasteiger partial charge in [-0.1, -0.05) is 17.7 Å². The normalized spacial score (nSPS) is 10.4. The molecule has 100 valence electrons. The molecule has 1 aromatic rings. The van der Waals surface area contributed by atoms with E-state index in [0.717, 1.165) is 0 Å². The summed E-state index contributed by atoms with van der Waals surface area (Å²) in [5.74, 6) is 0. The fourth-order valence-corrected chi connectivity index (χ4v) is 1.95. The minimum Gasteiger partial charge on any atom is -0.380 e. The molecular formula is C12H17ClN2O3. The van der Waals surface area contributed by atoms with Crippen molar-refractivity contribution in [3.63, 3.8) is 0 Å². The van der Waals surface area contributed by atoms with Gasteiger partial charge in [-0.05, 0) is 26.0 Å². The standard InChI is InChI=1S/C12H17ClN2O3/c1-3-14(8-9-18-4-2)11-7-5-6-10(13)12(11)15(16)17/h5-7H,3-4,8-9H2,1-2H3. The zero-order valence-electron chi connectivity index (χ0n) is 10.6. The van der Waals surface area contributed by atoms with Crippen molar-refractivity contribution >= 4 is 23.0 Å². The number of halogens is 1. The molecule has 0 saturated heterocycles. The lowest BCUT2D eigenvalue weighted by Crippen LogP contribution is -2.27. The molecule has 0 heterocycles. The molecule has 6 heteroatoms. The van der Waals surface area contributed by atoms with Crippen LogP contribution in [0.5, 0.6) is 0 Å². The molecule has 0 aliphatic rings. The van der Waals surface area contributed by atoms with E-state index in [4.69, 9.17) is 16.3 Å². The molecule has 18 heavy (non-hydrogen) atoms. The van der Waals surface area contributed by atoms with Crippen LogP contribution in [0.25, 0.3) is 0 Å². The first kappa shape index (κ1) is 14.7. The molecule has 0 amide bonds. The lowest BCUT2D eigenvalue weighted by atomic mass is 10.2. The third-order valence-electron chi connectivity index (χ3n) is 2.58. The highest BCUT2D eigenvalue weighted by molar-refractivity contribution is 6.33. The van der Waals surface area contributed by atoms with Crippen molar-refractivity contribution in [2.75, 3.05) is 31.2 Å². The van der Waals surface area contributed by atoms with Crippen LogP contribution in [-0.4, -0.2) is 31.2 Å². The summed E-state index contributed by atoms with van der Waals surface area (Å²) in [5, 5.41) is 11.2. The van der Waals surface area contributed by atoms with Crippen molar-refractivity contribution in [1.82, 2.24) is 0 Å². The zero-order valence-corrected chi connectivity index (χ0v) is 11.3. The SMILES string of the molecule is CCOCCN(CC)c1cccc(Cl)c1[N+](=O)[O-]. The monoisotopic (exact) mass is 272 g/mol. The summed E-state index contributed by atoms with van der Waals surface area (Å²) in [6.45, 7) is 6.29. The zero-order chi connectivity index (χ0) is 13.5. The van der Waals surface area contributed by atoms with Gasteiger partial charge in [0, 0.05) is 19.7 Å². The number of benzene rings is 1. The maximum absolute atomic E-state index is 11.1. The summed E-state index contributed by atoms with van der Waals surface area (Å²) >= 11 is 5.89. The lowest BCUT2D eigenvalue weighted by Gasteiger charge is -2.22. The van der Waals surface area contributed by atoms with Crippen LogP contribution in [-0.2, 0) is 4.74 Å². The quantitative estimate of drug-likeness (QED) is 0.435. The second-order valence-corrected chi connectivity index (χ2v) is 4.05. The van der Waals surface area contributed by atoms with Gasteiger partial charge >= 0.3 is 5.69 Å². The summed E-state index contributed by atoms with van der Waals surface area (Å²) in [7, 11) is 0. The molecule has 0 bridgehead atoms. The Labute approximate surface area is 111 Å². The van der Waals surface area contributed by atoms with E-state index in [9.17, 15) is 10.1 Å². The Balaban J connectivity index is 2.98. The van der Waals surface area contributed by atoms with Crippen molar-refractivity contribution in [3.05, 3.63) is 33.3 Å². The number of anilines is 1. The first-order valence-corrected chi connectivity index (χ1v) is 6.25. The third kappa shape index (κ3) is 3.58. The summed E-state index contributed by atoms with van der Waals surface area (Å²) in [6, 6.07) is 4.95. The van der Waals surface area contributed by atoms with Crippen LogP contribution in [0.4, 0.5) is 11.4 Å². The van der Waals surface area contributed by atoms with Crippen LogP contribution in [0.1, 0.15) is 13.8 Å². The van der Waals surface area contributed by atoms with Crippen molar-refractivity contribution < 1.29 is 9.66 Å². The summed E-state index contributed by atoms with van der Waals surface area (Å²) in [5.41, 5.74) is 0.493. The van der Waals surface area contributed by atoms with Gasteiger partial charge in [-0.2, -0.15) is 0 Å². The Morgan fingerprint density at radius 3 is 2.72 bits per heavy atom. The van der Waals surface area contributed by atoms with Crippen molar-refractivity contribution in [2.45, 2.75) is 13.8 Å². The number of rotatable bonds is 7. The molecule has 0 fully saturated rings. The number of ether oxygens (including phenoxy) is 1. The van der Waals surface area contributed by atoms with Gasteiger partial charge in [-0.15, -0.1) is 0 Å². The highest BCUT2D eigenvalue weighted by atomic mass is 35.5. The minimum absolute atomic E-state index is 0.0440. The summed E-state index contributed by atoms with van der Waals surface area (Å²) in [6.07, 6.45) is 0. The van der Waals surface area contributed by atoms with Gasteiger partial charge in [0.15, 0.2) is 0 Å². The predicted octanol–water partition coefficient (Wildman–Crippen LogP) is 3.11. The minimum atomic E-state index is -0.443. The molecule has 0 N–H and O–H groups in total. The van der Waals surface area contributed by atoms with E-state index in [1.807, 2.05) is 18.7 Å². The number of likely N-dealkylation sites (N-methyl/N-ethyl adjacent to an activating group) is 1. The van der Waals surface area contributed by atoms with Gasteiger partial charge in [-0.3, -0.25) is 10.1 Å². The van der Waals surface area contributed by atoms with Crippen LogP contribution in [0.3, 0.4) is 0 Å². The summed E-state index contributed by atoms with van der Waals surface area (Å²) < 4.78 is 5.27. The Morgan fingerprint density at radius 2 is 2.17 bits per heavy atom. The predicted molar refractivity (Wildman–Crippen MR) is 72.5 cm³/mol. The third-order valence-corrected chi connectivity index (χ3v) is 2.89. The lowest BCUT2D eigenvalue weighted by molar-refractivity contribution is -0.384. The Kier molecular flexibility index (Phi) is 5.88. The Bertz CT molecular complexity index is 412. The van der Waals surface area contributed by atoms with E-state index in [1.54, 1.807) is 12.1 Å². The second kappa shape index (κ2) is 7.18. The molecule has 0 radical (unpaired) electrons. The molecule has 5 nitrogen and oxygen atoms in total. The second-order valence-electron chi connectivity index (χ2n) is 3.64. The van der Waals surface area contributed by atoms with Crippen LogP contribution in [0.2, 0.25) is 5.02 Å². The van der Waals surface area contributed by atoms with E-state index in [2.05, 4.69) is 0 Å². The van der Waals surface area contributed by atoms with Crippen molar-refractivity contribution in [2.24, 2.45) is 0 Å². The topological polar surface area (TPSA) is 55.6 Å². The molecule has 1 aromatic carbocycles. The number of hydrogen-bond acceptors (Lipinski definition) is 4. The van der Waals surface area contributed by atoms with E-state index in [-0.39, 0.29) is 10.7 Å². The van der Waals surface area contributed by atoms with Crippen LogP contribution >= 0.6 is 11.6 Å². The van der Waals surface area contributed by atoms with Gasteiger partial charge in [0.1, 0.15) is 10.7 Å². The van der Waals surface area contributed by atoms with E-state index in [1.165, 1.54) is 6.07 Å². The first-order valence-electron chi connectivity index (χ1n) is 5.87. The molecule has 1 rings (SSSR count). The van der Waals surface area contributed by atoms with Crippen LogP contribution in [0, 0.1) is 10.1 Å². The van der Waals surface area contributed by atoms with E-state index >= 15 is 0 Å². The molecule has 0 aromatic heterocycles. The maximum atomic E-state index is 11.1. The van der Waals surface area contributed by atoms with Crippen molar-refractivity contribution in [3.8, 4) is 0 Å². The molecule has 0 unspecified atom stereocenters. The average Bonchev–Trinajstić information content (AvgIpc) is 2.34. The highest BCUT2D eigenvalue weighted by Crippen LogP contribution is 2.34. The van der Waals surface area contributed by atoms with E-state index < -0.39 is 4.92 Å². The first-order chi connectivity index (χ1) is 8.61. The van der Waals surface area contributed by atoms with Gasteiger partial charge in [-0.25, -0.2) is 0 Å². The molecular weight excluding hydrogens is 256 g/mol. The number of nitro groups is 1.